The number of likely N-dealkylation sites (N-methyl/N-ethyl adjacent to an activating group) is 1. The summed E-state index contributed by atoms with van der Waals surface area (Å²) in [6.45, 7) is 2.20. The van der Waals surface area contributed by atoms with Crippen LogP contribution in [0.4, 0.5) is 0 Å². The number of halogens is 1. The maximum Gasteiger partial charge on any atom is 0.260 e. The molecule has 1 aromatic carbocycles. The molecule has 0 fully saturated rings. The SMILES string of the molecule is CC(O)CCN(C)C(=O)COc1ccc(Cl)cc1. The number of ether oxygens (including phenoxy) is 1. The van der Waals surface area contributed by atoms with E-state index < -0.39 is 6.10 Å². The van der Waals surface area contributed by atoms with Crippen LogP contribution >= 0.6 is 11.6 Å². The van der Waals surface area contributed by atoms with Gasteiger partial charge in [0, 0.05) is 18.6 Å². The summed E-state index contributed by atoms with van der Waals surface area (Å²) < 4.78 is 5.34. The number of hydrogen-bond acceptors (Lipinski definition) is 3. The van der Waals surface area contributed by atoms with Gasteiger partial charge in [0.2, 0.25) is 0 Å². The molecule has 0 aliphatic carbocycles. The van der Waals surface area contributed by atoms with E-state index in [1.165, 1.54) is 0 Å². The Kier molecular flexibility index (Phi) is 5.95. The molecule has 18 heavy (non-hydrogen) atoms. The van der Waals surface area contributed by atoms with Crippen molar-refractivity contribution < 1.29 is 14.6 Å². The lowest BCUT2D eigenvalue weighted by molar-refractivity contribution is -0.132. The van der Waals surface area contributed by atoms with Crippen molar-refractivity contribution in [3.05, 3.63) is 29.3 Å². The molecular weight excluding hydrogens is 254 g/mol. The Morgan fingerprint density at radius 2 is 2.06 bits per heavy atom. The zero-order valence-corrected chi connectivity index (χ0v) is 11.4. The number of amides is 1. The van der Waals surface area contributed by atoms with Crippen molar-refractivity contribution in [3.8, 4) is 5.75 Å². The van der Waals surface area contributed by atoms with E-state index in [2.05, 4.69) is 0 Å². The Morgan fingerprint density at radius 1 is 1.44 bits per heavy atom. The maximum atomic E-state index is 11.7. The number of nitrogens with zero attached hydrogens (tertiary/aromatic N) is 1. The second kappa shape index (κ2) is 7.24. The molecule has 0 spiro atoms. The summed E-state index contributed by atoms with van der Waals surface area (Å²) in [5.74, 6) is 0.488. The Hall–Kier alpha value is -1.26. The number of hydrogen-bond donors (Lipinski definition) is 1. The van der Waals surface area contributed by atoms with Crippen molar-refractivity contribution in [1.82, 2.24) is 4.90 Å². The normalized spacial score (nSPS) is 12.0. The predicted octanol–water partition coefficient (Wildman–Crippen LogP) is 1.95. The third-order valence-corrected chi connectivity index (χ3v) is 2.74. The fraction of sp³-hybridized carbons (Fsp3) is 0.462. The highest BCUT2D eigenvalue weighted by Crippen LogP contribution is 2.15. The summed E-state index contributed by atoms with van der Waals surface area (Å²) in [6.07, 6.45) is 0.154. The molecule has 0 saturated heterocycles. The standard InChI is InChI=1S/C13H18ClNO3/c1-10(16)7-8-15(2)13(17)9-18-12-5-3-11(14)4-6-12/h3-6,10,16H,7-9H2,1-2H3. The van der Waals surface area contributed by atoms with Gasteiger partial charge in [0.1, 0.15) is 5.75 Å². The fourth-order valence-corrected chi connectivity index (χ4v) is 1.42. The van der Waals surface area contributed by atoms with Crippen molar-refractivity contribution >= 4 is 17.5 Å². The summed E-state index contributed by atoms with van der Waals surface area (Å²) in [5.41, 5.74) is 0. The molecule has 0 radical (unpaired) electrons. The third-order valence-electron chi connectivity index (χ3n) is 2.48. The van der Waals surface area contributed by atoms with Gasteiger partial charge in [-0.3, -0.25) is 4.79 Å². The topological polar surface area (TPSA) is 49.8 Å². The average molecular weight is 272 g/mol. The van der Waals surface area contributed by atoms with Crippen LogP contribution in [0.5, 0.6) is 5.75 Å². The first kappa shape index (κ1) is 14.8. The van der Waals surface area contributed by atoms with Gasteiger partial charge >= 0.3 is 0 Å². The van der Waals surface area contributed by atoms with E-state index in [4.69, 9.17) is 21.4 Å². The minimum Gasteiger partial charge on any atom is -0.484 e. The molecule has 5 heteroatoms. The molecule has 0 saturated carbocycles. The van der Waals surface area contributed by atoms with E-state index in [0.29, 0.717) is 23.7 Å². The van der Waals surface area contributed by atoms with E-state index in [0.717, 1.165) is 0 Å². The molecule has 0 aromatic heterocycles. The lowest BCUT2D eigenvalue weighted by atomic mass is 10.3. The van der Waals surface area contributed by atoms with Gasteiger partial charge < -0.3 is 14.7 Å². The van der Waals surface area contributed by atoms with E-state index in [-0.39, 0.29) is 12.5 Å². The first-order valence-corrected chi connectivity index (χ1v) is 6.17. The van der Waals surface area contributed by atoms with Crippen LogP contribution in [-0.4, -0.2) is 42.2 Å². The third kappa shape index (κ3) is 5.38. The smallest absolute Gasteiger partial charge is 0.260 e. The van der Waals surface area contributed by atoms with Crippen molar-refractivity contribution in [2.24, 2.45) is 0 Å². The van der Waals surface area contributed by atoms with Crippen LogP contribution < -0.4 is 4.74 Å². The monoisotopic (exact) mass is 271 g/mol. The van der Waals surface area contributed by atoms with E-state index >= 15 is 0 Å². The first-order valence-electron chi connectivity index (χ1n) is 5.79. The van der Waals surface area contributed by atoms with Crippen molar-refractivity contribution in [3.63, 3.8) is 0 Å². The van der Waals surface area contributed by atoms with E-state index in [1.54, 1.807) is 43.1 Å². The molecule has 1 aromatic rings. The molecule has 1 unspecified atom stereocenters. The quantitative estimate of drug-likeness (QED) is 0.860. The van der Waals surface area contributed by atoms with Crippen LogP contribution in [0.1, 0.15) is 13.3 Å². The molecular formula is C13H18ClNO3. The van der Waals surface area contributed by atoms with Gasteiger partial charge in [-0.25, -0.2) is 0 Å². The van der Waals surface area contributed by atoms with Crippen LogP contribution in [0.25, 0.3) is 0 Å². The first-order chi connectivity index (χ1) is 8.49. The Bertz CT molecular complexity index is 378. The Balaban J connectivity index is 2.34. The van der Waals surface area contributed by atoms with Crippen LogP contribution in [0.3, 0.4) is 0 Å². The molecule has 4 nitrogen and oxygen atoms in total. The Morgan fingerprint density at radius 3 is 2.61 bits per heavy atom. The van der Waals surface area contributed by atoms with Crippen LogP contribution in [0.2, 0.25) is 5.02 Å². The van der Waals surface area contributed by atoms with Gasteiger partial charge in [-0.1, -0.05) is 11.6 Å². The highest BCUT2D eigenvalue weighted by Gasteiger charge is 2.10. The Labute approximate surface area is 112 Å². The number of carbonyl (C=O) groups is 1. The minimum atomic E-state index is -0.405. The zero-order chi connectivity index (χ0) is 13.5. The number of carbonyl (C=O) groups excluding carboxylic acids is 1. The van der Waals surface area contributed by atoms with Crippen molar-refractivity contribution in [1.29, 1.82) is 0 Å². The number of aliphatic hydroxyl groups excluding tert-OH is 1. The zero-order valence-electron chi connectivity index (χ0n) is 10.6. The predicted molar refractivity (Wildman–Crippen MR) is 70.9 cm³/mol. The average Bonchev–Trinajstić information content (AvgIpc) is 2.34. The van der Waals surface area contributed by atoms with Gasteiger partial charge in [-0.05, 0) is 37.6 Å². The van der Waals surface area contributed by atoms with Crippen molar-refractivity contribution in [2.45, 2.75) is 19.4 Å². The van der Waals surface area contributed by atoms with Crippen LogP contribution in [-0.2, 0) is 4.79 Å². The molecule has 1 rings (SSSR count). The van der Waals surface area contributed by atoms with Gasteiger partial charge in [0.25, 0.3) is 5.91 Å². The summed E-state index contributed by atoms with van der Waals surface area (Å²) in [6, 6.07) is 6.84. The van der Waals surface area contributed by atoms with E-state index in [9.17, 15) is 4.79 Å². The second-order valence-corrected chi connectivity index (χ2v) is 4.63. The largest absolute Gasteiger partial charge is 0.484 e. The van der Waals surface area contributed by atoms with Gasteiger partial charge in [-0.15, -0.1) is 0 Å². The molecule has 1 amide bonds. The molecule has 1 atom stereocenters. The van der Waals surface area contributed by atoms with Crippen molar-refractivity contribution in [2.75, 3.05) is 20.2 Å². The van der Waals surface area contributed by atoms with Gasteiger partial charge in [0.15, 0.2) is 6.61 Å². The number of aliphatic hydroxyl groups is 1. The highest BCUT2D eigenvalue weighted by atomic mass is 35.5. The van der Waals surface area contributed by atoms with E-state index in [1.807, 2.05) is 0 Å². The summed E-state index contributed by atoms with van der Waals surface area (Å²) >= 11 is 5.74. The van der Waals surface area contributed by atoms with Crippen LogP contribution in [0, 0.1) is 0 Å². The highest BCUT2D eigenvalue weighted by molar-refractivity contribution is 6.30. The summed E-state index contributed by atoms with van der Waals surface area (Å²) in [7, 11) is 1.69. The maximum absolute atomic E-state index is 11.7. The van der Waals surface area contributed by atoms with Gasteiger partial charge in [0.05, 0.1) is 6.10 Å². The molecule has 1 N–H and O–H groups in total. The molecule has 0 aliphatic heterocycles. The summed E-state index contributed by atoms with van der Waals surface area (Å²) in [5, 5.41) is 9.76. The number of benzene rings is 1. The molecule has 100 valence electrons. The fourth-order valence-electron chi connectivity index (χ4n) is 1.29. The molecule has 0 aliphatic rings. The number of rotatable bonds is 6. The molecule has 0 bridgehead atoms. The lowest BCUT2D eigenvalue weighted by Crippen LogP contribution is -2.33. The lowest BCUT2D eigenvalue weighted by Gasteiger charge is -2.18. The van der Waals surface area contributed by atoms with Crippen LogP contribution in [0.15, 0.2) is 24.3 Å². The minimum absolute atomic E-state index is 0.0159. The summed E-state index contributed by atoms with van der Waals surface area (Å²) in [4.78, 5) is 13.2. The second-order valence-electron chi connectivity index (χ2n) is 4.20. The molecule has 0 heterocycles. The van der Waals surface area contributed by atoms with Gasteiger partial charge in [-0.2, -0.15) is 0 Å².